The van der Waals surface area contributed by atoms with Gasteiger partial charge >= 0.3 is 0 Å². The maximum Gasteiger partial charge on any atom is 0.258 e. The number of hydrogen-bond donors (Lipinski definition) is 1. The van der Waals surface area contributed by atoms with E-state index in [0.29, 0.717) is 6.04 Å². The second-order valence-corrected chi connectivity index (χ2v) is 8.10. The maximum atomic E-state index is 12.3. The van der Waals surface area contributed by atoms with Crippen LogP contribution >= 0.6 is 15.9 Å². The third kappa shape index (κ3) is 8.26. The topological polar surface area (TPSA) is 38.3 Å². The summed E-state index contributed by atoms with van der Waals surface area (Å²) in [5.41, 5.74) is 1.16. The lowest BCUT2D eigenvalue weighted by Gasteiger charge is -2.20. The van der Waals surface area contributed by atoms with Gasteiger partial charge < -0.3 is 10.1 Å². The Morgan fingerprint density at radius 3 is 2.16 bits per heavy atom. The van der Waals surface area contributed by atoms with Crippen LogP contribution in [0.4, 0.5) is 0 Å². The molecule has 0 bridgehead atoms. The van der Waals surface area contributed by atoms with Gasteiger partial charge in [-0.1, -0.05) is 63.9 Å². The molecule has 1 aromatic carbocycles. The fraction of sp³-hybridized carbons (Fsp3) is 0.667. The third-order valence-electron chi connectivity index (χ3n) is 4.92. The Hall–Kier alpha value is -1.03. The van der Waals surface area contributed by atoms with E-state index >= 15 is 0 Å². The van der Waals surface area contributed by atoms with Crippen molar-refractivity contribution in [1.82, 2.24) is 5.32 Å². The molecule has 1 N–H and O–H groups in total. The summed E-state index contributed by atoms with van der Waals surface area (Å²) in [4.78, 5) is 12.3. The van der Waals surface area contributed by atoms with E-state index in [-0.39, 0.29) is 12.5 Å². The molecule has 0 radical (unpaired) electrons. The SMILES string of the molecule is Cc1ccc(OCC(=O)NC2CCCCCCCCCCC2)c(Br)c1. The number of aryl methyl sites for hydroxylation is 1. The highest BCUT2D eigenvalue weighted by Gasteiger charge is 2.13. The van der Waals surface area contributed by atoms with E-state index in [1.807, 2.05) is 25.1 Å². The summed E-state index contributed by atoms with van der Waals surface area (Å²) in [6, 6.07) is 6.20. The van der Waals surface area contributed by atoms with Gasteiger partial charge in [0.15, 0.2) is 6.61 Å². The van der Waals surface area contributed by atoms with Gasteiger partial charge in [0.25, 0.3) is 5.91 Å². The van der Waals surface area contributed by atoms with E-state index in [4.69, 9.17) is 4.74 Å². The van der Waals surface area contributed by atoms with Crippen molar-refractivity contribution < 1.29 is 9.53 Å². The van der Waals surface area contributed by atoms with Crippen molar-refractivity contribution in [2.75, 3.05) is 6.61 Å². The van der Waals surface area contributed by atoms with Crippen molar-refractivity contribution in [2.45, 2.75) is 83.6 Å². The number of nitrogens with one attached hydrogen (secondary N) is 1. The highest BCUT2D eigenvalue weighted by atomic mass is 79.9. The van der Waals surface area contributed by atoms with Crippen molar-refractivity contribution in [3.8, 4) is 5.75 Å². The van der Waals surface area contributed by atoms with Gasteiger partial charge in [-0.3, -0.25) is 4.79 Å². The summed E-state index contributed by atoms with van der Waals surface area (Å²) >= 11 is 3.49. The molecule has 0 atom stereocenters. The van der Waals surface area contributed by atoms with Crippen LogP contribution in [0, 0.1) is 6.92 Å². The van der Waals surface area contributed by atoms with E-state index in [1.165, 1.54) is 57.8 Å². The Morgan fingerprint density at radius 2 is 1.60 bits per heavy atom. The van der Waals surface area contributed by atoms with Gasteiger partial charge in [0.05, 0.1) is 4.47 Å². The molecule has 0 aliphatic heterocycles. The third-order valence-corrected chi connectivity index (χ3v) is 5.54. The molecule has 0 heterocycles. The molecule has 2 rings (SSSR count). The minimum atomic E-state index is -0.00966. The molecule has 1 fully saturated rings. The van der Waals surface area contributed by atoms with E-state index < -0.39 is 0 Å². The standard InChI is InChI=1S/C21H32BrNO2/c1-17-13-14-20(19(22)15-17)25-16-21(24)23-18-11-9-7-5-3-2-4-6-8-10-12-18/h13-15,18H,2-12,16H2,1H3,(H,23,24). The average Bonchev–Trinajstić information content (AvgIpc) is 2.56. The zero-order valence-corrected chi connectivity index (χ0v) is 17.1. The Bertz CT molecular complexity index is 521. The first kappa shape index (κ1) is 20.3. The molecule has 140 valence electrons. The molecule has 1 aliphatic rings. The molecule has 1 saturated carbocycles. The number of benzene rings is 1. The number of carbonyl (C=O) groups is 1. The minimum absolute atomic E-state index is 0.00966. The van der Waals surface area contributed by atoms with Crippen LogP contribution in [-0.2, 0) is 4.79 Å². The van der Waals surface area contributed by atoms with Crippen molar-refractivity contribution in [3.63, 3.8) is 0 Å². The van der Waals surface area contributed by atoms with Gasteiger partial charge in [-0.25, -0.2) is 0 Å². The molecule has 4 heteroatoms. The maximum absolute atomic E-state index is 12.3. The molecule has 0 aromatic heterocycles. The summed E-state index contributed by atoms with van der Waals surface area (Å²) in [5, 5.41) is 3.19. The smallest absolute Gasteiger partial charge is 0.258 e. The summed E-state index contributed by atoms with van der Waals surface area (Å²) in [6.45, 7) is 2.11. The van der Waals surface area contributed by atoms with Gasteiger partial charge in [0.2, 0.25) is 0 Å². The number of ether oxygens (including phenoxy) is 1. The number of rotatable bonds is 4. The predicted octanol–water partition coefficient (Wildman–Crippen LogP) is 5.93. The van der Waals surface area contributed by atoms with Crippen LogP contribution in [0.2, 0.25) is 0 Å². The molecule has 1 aromatic rings. The van der Waals surface area contributed by atoms with Gasteiger partial charge in [-0.05, 0) is 53.4 Å². The highest BCUT2D eigenvalue weighted by molar-refractivity contribution is 9.10. The number of amides is 1. The van der Waals surface area contributed by atoms with Crippen molar-refractivity contribution in [3.05, 3.63) is 28.2 Å². The largest absolute Gasteiger partial charge is 0.483 e. The number of carbonyl (C=O) groups excluding carboxylic acids is 1. The zero-order chi connectivity index (χ0) is 17.9. The van der Waals surface area contributed by atoms with E-state index in [0.717, 1.165) is 28.6 Å². The number of hydrogen-bond acceptors (Lipinski definition) is 2. The van der Waals surface area contributed by atoms with Crippen LogP contribution in [0.25, 0.3) is 0 Å². The van der Waals surface area contributed by atoms with E-state index in [9.17, 15) is 4.79 Å². The van der Waals surface area contributed by atoms with Gasteiger partial charge in [0, 0.05) is 6.04 Å². The van der Waals surface area contributed by atoms with Crippen LogP contribution in [-0.4, -0.2) is 18.6 Å². The number of halogens is 1. The van der Waals surface area contributed by atoms with Crippen LogP contribution < -0.4 is 10.1 Å². The molecule has 0 unspecified atom stereocenters. The Balaban J connectivity index is 1.77. The molecule has 1 amide bonds. The second kappa shape index (κ2) is 11.6. The average molecular weight is 410 g/mol. The lowest BCUT2D eigenvalue weighted by Crippen LogP contribution is -2.38. The Kier molecular flexibility index (Phi) is 9.38. The molecule has 1 aliphatic carbocycles. The summed E-state index contributed by atoms with van der Waals surface area (Å²) in [6.07, 6.45) is 14.0. The summed E-state index contributed by atoms with van der Waals surface area (Å²) in [5.74, 6) is 0.712. The Morgan fingerprint density at radius 1 is 1.04 bits per heavy atom. The molecular formula is C21H32BrNO2. The second-order valence-electron chi connectivity index (χ2n) is 7.25. The normalized spacial score (nSPS) is 18.0. The van der Waals surface area contributed by atoms with Gasteiger partial charge in [0.1, 0.15) is 5.75 Å². The molecule has 0 spiro atoms. The van der Waals surface area contributed by atoms with Crippen LogP contribution in [0.15, 0.2) is 22.7 Å². The first-order valence-electron chi connectivity index (χ1n) is 9.83. The van der Waals surface area contributed by atoms with E-state index in [2.05, 4.69) is 21.2 Å². The monoisotopic (exact) mass is 409 g/mol. The summed E-state index contributed by atoms with van der Waals surface area (Å²) in [7, 11) is 0. The molecule has 3 nitrogen and oxygen atoms in total. The van der Waals surface area contributed by atoms with Crippen LogP contribution in [0.3, 0.4) is 0 Å². The fourth-order valence-corrected chi connectivity index (χ4v) is 4.05. The summed E-state index contributed by atoms with van der Waals surface area (Å²) < 4.78 is 6.57. The molecule has 25 heavy (non-hydrogen) atoms. The molecular weight excluding hydrogens is 378 g/mol. The van der Waals surface area contributed by atoms with Crippen LogP contribution in [0.5, 0.6) is 5.75 Å². The van der Waals surface area contributed by atoms with Crippen LogP contribution in [0.1, 0.15) is 76.2 Å². The first-order chi connectivity index (χ1) is 12.1. The zero-order valence-electron chi connectivity index (χ0n) is 15.5. The van der Waals surface area contributed by atoms with Crippen molar-refractivity contribution >= 4 is 21.8 Å². The predicted molar refractivity (Wildman–Crippen MR) is 107 cm³/mol. The molecule has 0 saturated heterocycles. The quantitative estimate of drug-likeness (QED) is 0.669. The fourth-order valence-electron chi connectivity index (χ4n) is 3.44. The van der Waals surface area contributed by atoms with Gasteiger partial charge in [-0.15, -0.1) is 0 Å². The van der Waals surface area contributed by atoms with Gasteiger partial charge in [-0.2, -0.15) is 0 Å². The van der Waals surface area contributed by atoms with Crippen molar-refractivity contribution in [2.24, 2.45) is 0 Å². The first-order valence-corrected chi connectivity index (χ1v) is 10.6. The highest BCUT2D eigenvalue weighted by Crippen LogP contribution is 2.25. The lowest BCUT2D eigenvalue weighted by atomic mass is 9.98. The lowest BCUT2D eigenvalue weighted by molar-refractivity contribution is -0.123. The van der Waals surface area contributed by atoms with E-state index in [1.54, 1.807) is 0 Å². The Labute approximate surface area is 161 Å². The minimum Gasteiger partial charge on any atom is -0.483 e. The van der Waals surface area contributed by atoms with Crippen molar-refractivity contribution in [1.29, 1.82) is 0 Å².